The molecule has 23 heavy (non-hydrogen) atoms. The van der Waals surface area contributed by atoms with E-state index >= 15 is 0 Å². The van der Waals surface area contributed by atoms with E-state index in [1.807, 2.05) is 25.1 Å². The first-order chi connectivity index (χ1) is 11.0. The Hall–Kier alpha value is -2.01. The molecule has 0 aliphatic heterocycles. The number of nitrogens with one attached hydrogen (secondary N) is 1. The molecule has 0 saturated heterocycles. The van der Waals surface area contributed by atoms with Gasteiger partial charge in [-0.1, -0.05) is 28.1 Å². The molecule has 0 amide bonds. The number of benzene rings is 2. The summed E-state index contributed by atoms with van der Waals surface area (Å²) < 4.78 is 6.54. The fourth-order valence-corrected chi connectivity index (χ4v) is 2.57. The van der Waals surface area contributed by atoms with Crippen molar-refractivity contribution >= 4 is 27.6 Å². The maximum Gasteiger partial charge on any atom is 0.337 e. The normalized spacial score (nSPS) is 10.4. The topological polar surface area (TPSA) is 58.6 Å². The number of carboxylic acids is 1. The summed E-state index contributed by atoms with van der Waals surface area (Å²) in [5.41, 5.74) is 3.24. The highest BCUT2D eigenvalue weighted by Crippen LogP contribution is 2.22. The largest absolute Gasteiger partial charge is 0.493 e. The van der Waals surface area contributed by atoms with E-state index in [0.29, 0.717) is 18.8 Å². The van der Waals surface area contributed by atoms with Crippen LogP contribution in [0.4, 0.5) is 5.69 Å². The fraction of sp³-hybridized carbons (Fsp3) is 0.278. The molecule has 2 aromatic rings. The van der Waals surface area contributed by atoms with Crippen molar-refractivity contribution < 1.29 is 14.6 Å². The molecule has 122 valence electrons. The van der Waals surface area contributed by atoms with Gasteiger partial charge in [-0.25, -0.2) is 4.79 Å². The number of aromatic carboxylic acids is 1. The molecule has 0 fully saturated rings. The Bertz CT molecular complexity index is 701. The van der Waals surface area contributed by atoms with Crippen LogP contribution in [0.15, 0.2) is 40.9 Å². The summed E-state index contributed by atoms with van der Waals surface area (Å²) in [5, 5.41) is 12.4. The minimum Gasteiger partial charge on any atom is -0.493 e. The van der Waals surface area contributed by atoms with E-state index in [1.54, 1.807) is 12.1 Å². The number of carbonyl (C=O) groups is 1. The van der Waals surface area contributed by atoms with Crippen molar-refractivity contribution in [3.8, 4) is 5.75 Å². The van der Waals surface area contributed by atoms with Gasteiger partial charge >= 0.3 is 5.97 Å². The lowest BCUT2D eigenvalue weighted by Crippen LogP contribution is -2.11. The van der Waals surface area contributed by atoms with Crippen molar-refractivity contribution in [2.45, 2.75) is 20.3 Å². The Morgan fingerprint density at radius 3 is 2.78 bits per heavy atom. The van der Waals surface area contributed by atoms with Crippen molar-refractivity contribution in [1.82, 2.24) is 0 Å². The quantitative estimate of drug-likeness (QED) is 0.689. The summed E-state index contributed by atoms with van der Waals surface area (Å²) in [6, 6.07) is 11.2. The lowest BCUT2D eigenvalue weighted by molar-refractivity contribution is 0.0698. The highest BCUT2D eigenvalue weighted by molar-refractivity contribution is 9.10. The van der Waals surface area contributed by atoms with E-state index in [-0.39, 0.29) is 5.56 Å². The molecule has 4 nitrogen and oxygen atoms in total. The Labute approximate surface area is 144 Å². The number of aryl methyl sites for hydroxylation is 1. The van der Waals surface area contributed by atoms with Gasteiger partial charge in [0, 0.05) is 16.7 Å². The van der Waals surface area contributed by atoms with Crippen LogP contribution in [0.25, 0.3) is 0 Å². The second-order valence-corrected chi connectivity index (χ2v) is 6.24. The molecule has 0 radical (unpaired) electrons. The fourth-order valence-electron chi connectivity index (χ4n) is 2.21. The minimum atomic E-state index is -0.944. The van der Waals surface area contributed by atoms with E-state index in [4.69, 9.17) is 4.74 Å². The number of ether oxygens (including phenoxy) is 1. The molecule has 0 spiro atoms. The molecular formula is C18H20BrNO3. The van der Waals surface area contributed by atoms with E-state index in [9.17, 15) is 9.90 Å². The average Bonchev–Trinajstić information content (AvgIpc) is 2.52. The van der Waals surface area contributed by atoms with Gasteiger partial charge in [0.2, 0.25) is 0 Å². The summed E-state index contributed by atoms with van der Waals surface area (Å²) in [7, 11) is 0. The standard InChI is InChI=1S/C18H20BrNO3/c1-12-5-3-6-17(13(12)2)23-10-4-9-20-16-8-7-14(19)11-15(16)18(21)22/h3,5-8,11,20H,4,9-10H2,1-2H3,(H,21,22). The number of hydrogen-bond donors (Lipinski definition) is 2. The molecule has 2 N–H and O–H groups in total. The maximum atomic E-state index is 11.2. The molecule has 0 heterocycles. The van der Waals surface area contributed by atoms with E-state index < -0.39 is 5.97 Å². The number of halogens is 1. The van der Waals surface area contributed by atoms with Gasteiger partial charge in [-0.05, 0) is 55.7 Å². The predicted octanol–water partition coefficient (Wildman–Crippen LogP) is 4.65. The molecular weight excluding hydrogens is 358 g/mol. The van der Waals surface area contributed by atoms with Crippen molar-refractivity contribution in [2.24, 2.45) is 0 Å². The monoisotopic (exact) mass is 377 g/mol. The molecule has 0 aliphatic carbocycles. The molecule has 2 aromatic carbocycles. The number of hydrogen-bond acceptors (Lipinski definition) is 3. The third-order valence-corrected chi connectivity index (χ3v) is 4.15. The second kappa shape index (κ2) is 8.02. The Morgan fingerprint density at radius 1 is 1.26 bits per heavy atom. The summed E-state index contributed by atoms with van der Waals surface area (Å²) >= 11 is 3.28. The second-order valence-electron chi connectivity index (χ2n) is 5.32. The molecule has 0 aliphatic rings. The van der Waals surface area contributed by atoms with E-state index in [2.05, 4.69) is 34.2 Å². The van der Waals surface area contributed by atoms with E-state index in [0.717, 1.165) is 22.2 Å². The Kier molecular flexibility index (Phi) is 6.04. The molecule has 0 aromatic heterocycles. The first-order valence-corrected chi connectivity index (χ1v) is 8.24. The van der Waals surface area contributed by atoms with Crippen LogP contribution in [0, 0.1) is 13.8 Å². The smallest absolute Gasteiger partial charge is 0.337 e. The summed E-state index contributed by atoms with van der Waals surface area (Å²) in [6.07, 6.45) is 0.780. The van der Waals surface area contributed by atoms with Crippen molar-refractivity contribution in [3.05, 3.63) is 57.6 Å². The minimum absolute atomic E-state index is 0.259. The predicted molar refractivity (Wildman–Crippen MR) is 95.6 cm³/mol. The van der Waals surface area contributed by atoms with Gasteiger partial charge < -0.3 is 15.2 Å². The highest BCUT2D eigenvalue weighted by Gasteiger charge is 2.10. The van der Waals surface area contributed by atoms with Gasteiger partial charge in [0.1, 0.15) is 5.75 Å². The third kappa shape index (κ3) is 4.73. The third-order valence-electron chi connectivity index (χ3n) is 3.66. The van der Waals surface area contributed by atoms with Crippen molar-refractivity contribution in [2.75, 3.05) is 18.5 Å². The van der Waals surface area contributed by atoms with Gasteiger partial charge in [0.15, 0.2) is 0 Å². The molecule has 2 rings (SSSR count). The molecule has 0 saturated carbocycles. The van der Waals surface area contributed by atoms with Gasteiger partial charge in [0.25, 0.3) is 0 Å². The lowest BCUT2D eigenvalue weighted by atomic mass is 10.1. The number of rotatable bonds is 7. The molecule has 0 atom stereocenters. The lowest BCUT2D eigenvalue weighted by Gasteiger charge is -2.12. The first kappa shape index (κ1) is 17.3. The van der Waals surface area contributed by atoms with Gasteiger partial charge in [-0.3, -0.25) is 0 Å². The Balaban J connectivity index is 1.84. The van der Waals surface area contributed by atoms with Gasteiger partial charge in [-0.2, -0.15) is 0 Å². The van der Waals surface area contributed by atoms with Crippen LogP contribution < -0.4 is 10.1 Å². The van der Waals surface area contributed by atoms with Crippen molar-refractivity contribution in [3.63, 3.8) is 0 Å². The zero-order chi connectivity index (χ0) is 16.8. The van der Waals surface area contributed by atoms with Crippen molar-refractivity contribution in [1.29, 1.82) is 0 Å². The van der Waals surface area contributed by atoms with E-state index in [1.165, 1.54) is 5.56 Å². The first-order valence-electron chi connectivity index (χ1n) is 7.45. The number of carboxylic acid groups (broad SMARTS) is 1. The van der Waals surface area contributed by atoms with Gasteiger partial charge in [-0.15, -0.1) is 0 Å². The van der Waals surface area contributed by atoms with Crippen LogP contribution in [-0.2, 0) is 0 Å². The van der Waals surface area contributed by atoms with Crippen LogP contribution in [0.3, 0.4) is 0 Å². The number of anilines is 1. The summed E-state index contributed by atoms with van der Waals surface area (Å²) in [4.78, 5) is 11.2. The summed E-state index contributed by atoms with van der Waals surface area (Å²) in [5.74, 6) is -0.0414. The van der Waals surface area contributed by atoms with Crippen LogP contribution in [0.2, 0.25) is 0 Å². The van der Waals surface area contributed by atoms with Crippen LogP contribution in [-0.4, -0.2) is 24.2 Å². The SMILES string of the molecule is Cc1cccc(OCCCNc2ccc(Br)cc2C(=O)O)c1C. The average molecular weight is 378 g/mol. The van der Waals surface area contributed by atoms with Gasteiger partial charge in [0.05, 0.1) is 12.2 Å². The van der Waals surface area contributed by atoms with Crippen LogP contribution >= 0.6 is 15.9 Å². The zero-order valence-electron chi connectivity index (χ0n) is 13.2. The maximum absolute atomic E-state index is 11.2. The highest BCUT2D eigenvalue weighted by atomic mass is 79.9. The molecule has 0 bridgehead atoms. The Morgan fingerprint density at radius 2 is 2.04 bits per heavy atom. The zero-order valence-corrected chi connectivity index (χ0v) is 14.8. The molecule has 5 heteroatoms. The van der Waals surface area contributed by atoms with Crippen LogP contribution in [0.5, 0.6) is 5.75 Å². The molecule has 0 unspecified atom stereocenters. The summed E-state index contributed by atoms with van der Waals surface area (Å²) in [6.45, 7) is 5.33. The van der Waals surface area contributed by atoms with Crippen LogP contribution in [0.1, 0.15) is 27.9 Å².